The predicted octanol–water partition coefficient (Wildman–Crippen LogP) is 3.75. The summed E-state index contributed by atoms with van der Waals surface area (Å²) in [6, 6.07) is 11.2. The summed E-state index contributed by atoms with van der Waals surface area (Å²) < 4.78 is 13.2. The van der Waals surface area contributed by atoms with Crippen LogP contribution in [0.1, 0.15) is 24.2 Å². The Morgan fingerprint density at radius 1 is 1.22 bits per heavy atom. The van der Waals surface area contributed by atoms with E-state index in [1.807, 2.05) is 19.2 Å². The molecule has 1 amide bonds. The third kappa shape index (κ3) is 4.45. The minimum absolute atomic E-state index is 0.274. The van der Waals surface area contributed by atoms with Gasteiger partial charge >= 0.3 is 0 Å². The fourth-order valence-corrected chi connectivity index (χ4v) is 2.35. The summed E-state index contributed by atoms with van der Waals surface area (Å²) in [4.78, 5) is 14.4. The molecule has 0 atom stereocenters. The highest BCUT2D eigenvalue weighted by molar-refractivity contribution is 6.05. The monoisotopic (exact) mass is 315 g/mol. The maximum Gasteiger partial charge on any atom is 0.255 e. The van der Waals surface area contributed by atoms with Crippen LogP contribution in [0.4, 0.5) is 21.5 Å². The number of nitrogen functional groups attached to an aromatic ring is 1. The van der Waals surface area contributed by atoms with Crippen LogP contribution < -0.4 is 16.0 Å². The fourth-order valence-electron chi connectivity index (χ4n) is 2.35. The van der Waals surface area contributed by atoms with Crippen LogP contribution in [0.25, 0.3) is 0 Å². The molecule has 23 heavy (non-hydrogen) atoms. The molecule has 0 aliphatic rings. The second-order valence-electron chi connectivity index (χ2n) is 6.01. The van der Waals surface area contributed by atoms with Crippen molar-refractivity contribution < 1.29 is 9.18 Å². The molecule has 0 saturated heterocycles. The number of rotatable bonds is 5. The van der Waals surface area contributed by atoms with Gasteiger partial charge in [0.05, 0.1) is 11.4 Å². The van der Waals surface area contributed by atoms with Crippen LogP contribution in [0.2, 0.25) is 0 Å². The van der Waals surface area contributed by atoms with Crippen molar-refractivity contribution in [3.63, 3.8) is 0 Å². The molecule has 0 aliphatic heterocycles. The Balaban J connectivity index is 2.10. The number of nitrogens with zero attached hydrogens (tertiary/aromatic N) is 1. The molecular weight excluding hydrogens is 293 g/mol. The van der Waals surface area contributed by atoms with Crippen molar-refractivity contribution in [3.05, 3.63) is 53.8 Å². The molecule has 122 valence electrons. The van der Waals surface area contributed by atoms with Gasteiger partial charge in [-0.2, -0.15) is 0 Å². The summed E-state index contributed by atoms with van der Waals surface area (Å²) in [6.45, 7) is 5.24. The van der Waals surface area contributed by atoms with E-state index in [2.05, 4.69) is 24.1 Å². The van der Waals surface area contributed by atoms with Crippen LogP contribution in [0.3, 0.4) is 0 Å². The van der Waals surface area contributed by atoms with E-state index < -0.39 is 5.82 Å². The molecule has 0 radical (unpaired) electrons. The smallest absolute Gasteiger partial charge is 0.255 e. The van der Waals surface area contributed by atoms with Crippen LogP contribution in [-0.2, 0) is 0 Å². The average Bonchev–Trinajstić information content (AvgIpc) is 2.50. The molecule has 2 aromatic rings. The summed E-state index contributed by atoms with van der Waals surface area (Å²) in [6.07, 6.45) is 0. The van der Waals surface area contributed by atoms with Gasteiger partial charge in [-0.3, -0.25) is 4.79 Å². The summed E-state index contributed by atoms with van der Waals surface area (Å²) in [5.74, 6) is -0.209. The number of carbonyl (C=O) groups is 1. The number of carbonyl (C=O) groups excluding carboxylic acids is 1. The molecule has 2 aromatic carbocycles. The van der Waals surface area contributed by atoms with Crippen LogP contribution in [0, 0.1) is 11.7 Å². The number of nitrogens with one attached hydrogen (secondary N) is 1. The van der Waals surface area contributed by atoms with Gasteiger partial charge in [0.2, 0.25) is 0 Å². The molecule has 0 spiro atoms. The zero-order valence-corrected chi connectivity index (χ0v) is 13.6. The molecule has 5 heteroatoms. The second kappa shape index (κ2) is 7.13. The second-order valence-corrected chi connectivity index (χ2v) is 6.01. The molecule has 0 bridgehead atoms. The lowest BCUT2D eigenvalue weighted by Gasteiger charge is -2.21. The minimum atomic E-state index is -0.444. The third-order valence-corrected chi connectivity index (χ3v) is 3.47. The first kappa shape index (κ1) is 16.8. The van der Waals surface area contributed by atoms with E-state index >= 15 is 0 Å². The van der Waals surface area contributed by atoms with Gasteiger partial charge in [0, 0.05) is 24.8 Å². The first-order chi connectivity index (χ1) is 10.9. The zero-order valence-electron chi connectivity index (χ0n) is 13.6. The van der Waals surface area contributed by atoms with Crippen molar-refractivity contribution in [2.24, 2.45) is 5.92 Å². The van der Waals surface area contributed by atoms with Crippen molar-refractivity contribution in [1.29, 1.82) is 0 Å². The summed E-state index contributed by atoms with van der Waals surface area (Å²) in [5, 5.41) is 2.63. The van der Waals surface area contributed by atoms with Crippen molar-refractivity contribution >= 4 is 23.0 Å². The van der Waals surface area contributed by atoms with E-state index in [-0.39, 0.29) is 11.6 Å². The highest BCUT2D eigenvalue weighted by Gasteiger charge is 2.10. The lowest BCUT2D eigenvalue weighted by atomic mass is 10.1. The Morgan fingerprint density at radius 2 is 1.87 bits per heavy atom. The van der Waals surface area contributed by atoms with E-state index in [0.717, 1.165) is 12.2 Å². The SMILES string of the molecule is CC(C)CN(C)c1ccc(C(=O)Nc2cc(F)ccc2N)cc1. The molecule has 2 rings (SSSR count). The number of amides is 1. The van der Waals surface area contributed by atoms with Crippen molar-refractivity contribution in [2.45, 2.75) is 13.8 Å². The van der Waals surface area contributed by atoms with Crippen LogP contribution in [0.15, 0.2) is 42.5 Å². The maximum atomic E-state index is 13.2. The lowest BCUT2D eigenvalue weighted by Crippen LogP contribution is -2.22. The molecule has 0 aromatic heterocycles. The van der Waals surface area contributed by atoms with Crippen molar-refractivity contribution in [1.82, 2.24) is 0 Å². The van der Waals surface area contributed by atoms with Gasteiger partial charge in [0.1, 0.15) is 5.82 Å². The molecule has 0 aliphatic carbocycles. The zero-order chi connectivity index (χ0) is 17.0. The van der Waals surface area contributed by atoms with Crippen LogP contribution in [0.5, 0.6) is 0 Å². The van der Waals surface area contributed by atoms with E-state index in [1.54, 1.807) is 12.1 Å². The maximum absolute atomic E-state index is 13.2. The van der Waals surface area contributed by atoms with Gasteiger partial charge < -0.3 is 16.0 Å². The Labute approximate surface area is 136 Å². The number of hydrogen-bond acceptors (Lipinski definition) is 3. The summed E-state index contributed by atoms with van der Waals surface area (Å²) in [7, 11) is 2.02. The highest BCUT2D eigenvalue weighted by atomic mass is 19.1. The molecule has 4 nitrogen and oxygen atoms in total. The van der Waals surface area contributed by atoms with Crippen molar-refractivity contribution in [3.8, 4) is 0 Å². The largest absolute Gasteiger partial charge is 0.397 e. The minimum Gasteiger partial charge on any atom is -0.397 e. The number of benzene rings is 2. The van der Waals surface area contributed by atoms with Gasteiger partial charge in [-0.25, -0.2) is 4.39 Å². The van der Waals surface area contributed by atoms with E-state index in [4.69, 9.17) is 5.73 Å². The summed E-state index contributed by atoms with van der Waals surface area (Å²) >= 11 is 0. The van der Waals surface area contributed by atoms with Crippen molar-refractivity contribution in [2.75, 3.05) is 29.5 Å². The number of anilines is 3. The molecule has 3 N–H and O–H groups in total. The Hall–Kier alpha value is -2.56. The topological polar surface area (TPSA) is 58.4 Å². The van der Waals surface area contributed by atoms with Gasteiger partial charge in [0.25, 0.3) is 5.91 Å². The molecule has 0 heterocycles. The van der Waals surface area contributed by atoms with E-state index in [9.17, 15) is 9.18 Å². The first-order valence-corrected chi connectivity index (χ1v) is 7.54. The Kier molecular flexibility index (Phi) is 5.21. The van der Waals surface area contributed by atoms with Gasteiger partial charge in [-0.1, -0.05) is 13.8 Å². The number of nitrogens with two attached hydrogens (primary N) is 1. The quantitative estimate of drug-likeness (QED) is 0.826. The normalized spacial score (nSPS) is 10.7. The van der Waals surface area contributed by atoms with Gasteiger partial charge in [-0.05, 0) is 48.4 Å². The number of hydrogen-bond donors (Lipinski definition) is 2. The standard InChI is InChI=1S/C18H22FN3O/c1-12(2)11-22(3)15-7-4-13(5-8-15)18(23)21-17-10-14(19)6-9-16(17)20/h4-10,12H,11,20H2,1-3H3,(H,21,23). The highest BCUT2D eigenvalue weighted by Crippen LogP contribution is 2.21. The van der Waals surface area contributed by atoms with Crippen LogP contribution >= 0.6 is 0 Å². The Bertz CT molecular complexity index is 683. The number of halogens is 1. The van der Waals surface area contributed by atoms with Crippen LogP contribution in [-0.4, -0.2) is 19.5 Å². The van der Waals surface area contributed by atoms with E-state index in [1.165, 1.54) is 18.2 Å². The molecular formula is C18H22FN3O. The Morgan fingerprint density at radius 3 is 2.48 bits per heavy atom. The van der Waals surface area contributed by atoms with Gasteiger partial charge in [-0.15, -0.1) is 0 Å². The fraction of sp³-hybridized carbons (Fsp3) is 0.278. The third-order valence-electron chi connectivity index (χ3n) is 3.47. The van der Waals surface area contributed by atoms with Gasteiger partial charge in [0.15, 0.2) is 0 Å². The predicted molar refractivity (Wildman–Crippen MR) is 93.3 cm³/mol. The average molecular weight is 315 g/mol. The summed E-state index contributed by atoms with van der Waals surface area (Å²) in [5.41, 5.74) is 7.88. The molecule has 0 saturated carbocycles. The first-order valence-electron chi connectivity index (χ1n) is 7.54. The van der Waals surface area contributed by atoms with E-state index in [0.29, 0.717) is 17.2 Å². The molecule has 0 fully saturated rings. The lowest BCUT2D eigenvalue weighted by molar-refractivity contribution is 0.102. The molecule has 0 unspecified atom stereocenters.